The summed E-state index contributed by atoms with van der Waals surface area (Å²) in [5, 5.41) is 2.51. The maximum atomic E-state index is 13.7. The Kier molecular flexibility index (Phi) is 5.87. The first-order valence-electron chi connectivity index (χ1n) is 8.74. The fourth-order valence-corrected chi connectivity index (χ4v) is 3.21. The van der Waals surface area contributed by atoms with E-state index in [0.717, 1.165) is 24.1 Å². The van der Waals surface area contributed by atoms with E-state index in [1.807, 2.05) is 12.1 Å². The molecule has 0 aliphatic carbocycles. The predicted octanol–water partition coefficient (Wildman–Crippen LogP) is 3.70. The van der Waals surface area contributed by atoms with Gasteiger partial charge in [0.2, 0.25) is 0 Å². The van der Waals surface area contributed by atoms with Gasteiger partial charge in [0.15, 0.2) is 17.4 Å². The fraction of sp³-hybridized carbons (Fsp3) is 0.350. The molecule has 1 aliphatic rings. The van der Waals surface area contributed by atoms with Crippen LogP contribution in [0.5, 0.6) is 17.2 Å². The van der Waals surface area contributed by atoms with E-state index in [2.05, 4.69) is 10.1 Å². The van der Waals surface area contributed by atoms with E-state index in [9.17, 15) is 13.6 Å². The van der Waals surface area contributed by atoms with Crippen molar-refractivity contribution in [3.05, 3.63) is 47.5 Å². The van der Waals surface area contributed by atoms with Gasteiger partial charge in [-0.05, 0) is 30.0 Å². The Morgan fingerprint density at radius 1 is 1.00 bits per heavy atom. The van der Waals surface area contributed by atoms with Gasteiger partial charge in [0, 0.05) is 37.0 Å². The Balaban J connectivity index is 1.56. The lowest BCUT2D eigenvalue weighted by Crippen LogP contribution is -2.52. The number of hydrogen-bond acceptors (Lipinski definition) is 4. The minimum Gasteiger partial charge on any atom is -0.497 e. The molecule has 150 valence electrons. The highest BCUT2D eigenvalue weighted by molar-refractivity contribution is 5.90. The quantitative estimate of drug-likeness (QED) is 0.815. The highest BCUT2D eigenvalue weighted by Gasteiger charge is 2.31. The van der Waals surface area contributed by atoms with Crippen molar-refractivity contribution in [3.8, 4) is 17.2 Å². The van der Waals surface area contributed by atoms with Crippen LogP contribution in [0.15, 0.2) is 30.3 Å². The van der Waals surface area contributed by atoms with Gasteiger partial charge in [-0.15, -0.1) is 0 Å². The van der Waals surface area contributed by atoms with Gasteiger partial charge in [-0.2, -0.15) is 0 Å². The van der Waals surface area contributed by atoms with Gasteiger partial charge in [0.25, 0.3) is 0 Å². The van der Waals surface area contributed by atoms with Gasteiger partial charge < -0.3 is 24.4 Å². The Morgan fingerprint density at radius 3 is 2.07 bits per heavy atom. The highest BCUT2D eigenvalue weighted by Crippen LogP contribution is 2.29. The summed E-state index contributed by atoms with van der Waals surface area (Å²) >= 11 is 0. The number of hydrogen-bond donors (Lipinski definition) is 1. The molecule has 2 aromatic rings. The molecule has 1 heterocycles. The van der Waals surface area contributed by atoms with E-state index in [1.165, 1.54) is 7.11 Å². The van der Waals surface area contributed by atoms with E-state index < -0.39 is 23.4 Å². The number of rotatable bonds is 6. The SMILES string of the molecule is COc1cc(CC2CN(C(=O)Nc3cc(F)c(OC)c(F)c3)C2)cc(OC)c1. The predicted molar refractivity (Wildman–Crippen MR) is 100 cm³/mol. The summed E-state index contributed by atoms with van der Waals surface area (Å²) in [6.07, 6.45) is 0.767. The molecule has 0 bridgehead atoms. The minimum atomic E-state index is -0.869. The third-order valence-electron chi connectivity index (χ3n) is 4.63. The molecule has 2 aromatic carbocycles. The summed E-state index contributed by atoms with van der Waals surface area (Å²) in [6, 6.07) is 7.34. The smallest absolute Gasteiger partial charge is 0.321 e. The lowest BCUT2D eigenvalue weighted by molar-refractivity contribution is 0.131. The zero-order valence-corrected chi connectivity index (χ0v) is 15.9. The molecule has 0 spiro atoms. The van der Waals surface area contributed by atoms with E-state index >= 15 is 0 Å². The van der Waals surface area contributed by atoms with Gasteiger partial charge >= 0.3 is 6.03 Å². The number of methoxy groups -OCH3 is 3. The van der Waals surface area contributed by atoms with Gasteiger partial charge in [-0.25, -0.2) is 13.6 Å². The Hall–Kier alpha value is -3.03. The Morgan fingerprint density at radius 2 is 1.57 bits per heavy atom. The van der Waals surface area contributed by atoms with Gasteiger partial charge in [0.1, 0.15) is 11.5 Å². The summed E-state index contributed by atoms with van der Waals surface area (Å²) in [6.45, 7) is 1.10. The molecule has 0 unspecified atom stereocenters. The van der Waals surface area contributed by atoms with Crippen LogP contribution in [0.1, 0.15) is 5.56 Å². The second-order valence-corrected chi connectivity index (χ2v) is 6.60. The average Bonchev–Trinajstić information content (AvgIpc) is 2.63. The molecule has 1 N–H and O–H groups in total. The lowest BCUT2D eigenvalue weighted by atomic mass is 9.92. The van der Waals surface area contributed by atoms with Crippen molar-refractivity contribution >= 4 is 11.7 Å². The molecule has 6 nitrogen and oxygen atoms in total. The van der Waals surface area contributed by atoms with Crippen LogP contribution in [0.3, 0.4) is 0 Å². The number of ether oxygens (including phenoxy) is 3. The van der Waals surface area contributed by atoms with Crippen LogP contribution in [-0.4, -0.2) is 45.3 Å². The zero-order chi connectivity index (χ0) is 20.3. The number of amides is 2. The number of anilines is 1. The summed E-state index contributed by atoms with van der Waals surface area (Å²) < 4.78 is 42.6. The van der Waals surface area contributed by atoms with Crippen molar-refractivity contribution in [2.24, 2.45) is 5.92 Å². The minimum absolute atomic E-state index is 0.0433. The number of benzene rings is 2. The standard InChI is InChI=1S/C20H22F2N2O4/c1-26-15-5-12(6-16(9-15)27-2)4-13-10-24(11-13)20(25)23-14-7-17(21)19(28-3)18(22)8-14/h5-9,13H,4,10-11H2,1-3H3,(H,23,25). The van der Waals surface area contributed by atoms with Crippen LogP contribution in [0.25, 0.3) is 0 Å². The third kappa shape index (κ3) is 4.27. The second kappa shape index (κ2) is 8.33. The number of urea groups is 1. The normalized spacial score (nSPS) is 13.7. The topological polar surface area (TPSA) is 60.0 Å². The van der Waals surface area contributed by atoms with E-state index in [-0.39, 0.29) is 11.6 Å². The summed E-state index contributed by atoms with van der Waals surface area (Å²) in [7, 11) is 4.37. The maximum absolute atomic E-state index is 13.7. The summed E-state index contributed by atoms with van der Waals surface area (Å²) in [4.78, 5) is 13.9. The number of halogens is 2. The average molecular weight is 392 g/mol. The monoisotopic (exact) mass is 392 g/mol. The van der Waals surface area contributed by atoms with Crippen molar-refractivity contribution in [2.45, 2.75) is 6.42 Å². The van der Waals surface area contributed by atoms with Crippen LogP contribution in [0, 0.1) is 17.6 Å². The molecule has 3 rings (SSSR count). The van der Waals surface area contributed by atoms with Crippen molar-refractivity contribution in [3.63, 3.8) is 0 Å². The molecule has 28 heavy (non-hydrogen) atoms. The van der Waals surface area contributed by atoms with Crippen molar-refractivity contribution in [2.75, 3.05) is 39.7 Å². The van der Waals surface area contributed by atoms with Crippen LogP contribution in [0.2, 0.25) is 0 Å². The van der Waals surface area contributed by atoms with Crippen LogP contribution in [-0.2, 0) is 6.42 Å². The molecular weight excluding hydrogens is 370 g/mol. The van der Waals surface area contributed by atoms with Crippen LogP contribution in [0.4, 0.5) is 19.3 Å². The second-order valence-electron chi connectivity index (χ2n) is 6.60. The molecule has 0 saturated carbocycles. The maximum Gasteiger partial charge on any atom is 0.321 e. The first-order chi connectivity index (χ1) is 13.4. The third-order valence-corrected chi connectivity index (χ3v) is 4.63. The van der Waals surface area contributed by atoms with Crippen LogP contribution < -0.4 is 19.5 Å². The summed E-state index contributed by atoms with van der Waals surface area (Å²) in [5.74, 6) is -0.501. The molecule has 1 aliphatic heterocycles. The number of likely N-dealkylation sites (tertiary alicyclic amines) is 1. The molecule has 1 saturated heterocycles. The lowest BCUT2D eigenvalue weighted by Gasteiger charge is -2.39. The number of carbonyl (C=O) groups is 1. The van der Waals surface area contributed by atoms with Crippen LogP contribution >= 0.6 is 0 Å². The Bertz CT molecular complexity index is 824. The first kappa shape index (κ1) is 19.7. The van der Waals surface area contributed by atoms with E-state index in [4.69, 9.17) is 9.47 Å². The van der Waals surface area contributed by atoms with Crippen molar-refractivity contribution < 1.29 is 27.8 Å². The molecule has 2 amide bonds. The molecule has 1 fully saturated rings. The first-order valence-corrected chi connectivity index (χ1v) is 8.74. The molecule has 8 heteroatoms. The zero-order valence-electron chi connectivity index (χ0n) is 15.9. The molecule has 0 radical (unpaired) electrons. The number of nitrogens with zero attached hydrogens (tertiary/aromatic N) is 1. The van der Waals surface area contributed by atoms with Gasteiger partial charge in [-0.1, -0.05) is 0 Å². The van der Waals surface area contributed by atoms with Gasteiger partial charge in [0.05, 0.1) is 21.3 Å². The summed E-state index contributed by atoms with van der Waals surface area (Å²) in [5.41, 5.74) is 1.10. The number of nitrogens with one attached hydrogen (secondary N) is 1. The fourth-order valence-electron chi connectivity index (χ4n) is 3.21. The van der Waals surface area contributed by atoms with Crippen molar-refractivity contribution in [1.82, 2.24) is 4.90 Å². The largest absolute Gasteiger partial charge is 0.497 e. The molecule has 0 aromatic heterocycles. The molecular formula is C20H22F2N2O4. The van der Waals surface area contributed by atoms with E-state index in [0.29, 0.717) is 24.6 Å². The van der Waals surface area contributed by atoms with Gasteiger partial charge in [-0.3, -0.25) is 0 Å². The number of carbonyl (C=O) groups excluding carboxylic acids is 1. The van der Waals surface area contributed by atoms with Crippen molar-refractivity contribution in [1.29, 1.82) is 0 Å². The van der Waals surface area contributed by atoms with E-state index in [1.54, 1.807) is 25.2 Å². The molecule has 0 atom stereocenters. The highest BCUT2D eigenvalue weighted by atomic mass is 19.1. The Labute approximate surface area is 162 Å².